The van der Waals surface area contributed by atoms with Crippen molar-refractivity contribution < 1.29 is 8.42 Å². The number of benzene rings is 3. The molecule has 0 aliphatic rings. The number of hydrogen-bond acceptors (Lipinski definition) is 5. The van der Waals surface area contributed by atoms with Gasteiger partial charge in [-0.25, -0.2) is 8.42 Å². The molecule has 0 aliphatic carbocycles. The lowest BCUT2D eigenvalue weighted by molar-refractivity contribution is 0.602. The monoisotopic (exact) mass is 482 g/mol. The minimum Gasteiger partial charge on any atom is -0.266 e. The summed E-state index contributed by atoms with van der Waals surface area (Å²) in [6.45, 7) is 2.00. The third-order valence-corrected chi connectivity index (χ3v) is 7.29. The van der Waals surface area contributed by atoms with Crippen LogP contribution >= 0.6 is 23.4 Å². The number of rotatable bonds is 5. The molecule has 0 bridgehead atoms. The van der Waals surface area contributed by atoms with E-state index in [9.17, 15) is 13.2 Å². The minimum absolute atomic E-state index is 0.217. The van der Waals surface area contributed by atoms with Crippen molar-refractivity contribution in [1.29, 1.82) is 0 Å². The molecule has 1 aromatic heterocycles. The van der Waals surface area contributed by atoms with Crippen LogP contribution in [-0.2, 0) is 9.84 Å². The van der Waals surface area contributed by atoms with Crippen LogP contribution in [0.4, 0.5) is 0 Å². The van der Waals surface area contributed by atoms with Gasteiger partial charge in [0.2, 0.25) is 0 Å². The lowest BCUT2D eigenvalue weighted by Crippen LogP contribution is -2.23. The lowest BCUT2D eigenvalue weighted by atomic mass is 10.1. The van der Waals surface area contributed by atoms with Gasteiger partial charge in [0.05, 0.1) is 21.7 Å². The molecule has 0 aliphatic heterocycles. The normalized spacial score (nSPS) is 11.5. The fraction of sp³-hybridized carbons (Fsp3) is 0.0833. The summed E-state index contributed by atoms with van der Waals surface area (Å²) >= 11 is 7.46. The van der Waals surface area contributed by atoms with E-state index in [0.717, 1.165) is 16.7 Å². The highest BCUT2D eigenvalue weighted by atomic mass is 35.5. The maximum Gasteiger partial charge on any atom is 0.286 e. The van der Waals surface area contributed by atoms with Crippen molar-refractivity contribution in [1.82, 2.24) is 9.78 Å². The molecule has 5 nitrogen and oxygen atoms in total. The van der Waals surface area contributed by atoms with Crippen molar-refractivity contribution >= 4 is 33.2 Å². The summed E-state index contributed by atoms with van der Waals surface area (Å²) in [5, 5.41) is 4.87. The molecule has 0 saturated carbocycles. The van der Waals surface area contributed by atoms with Crippen LogP contribution in [0, 0.1) is 6.92 Å². The molecule has 0 N–H and O–H groups in total. The predicted molar refractivity (Wildman–Crippen MR) is 129 cm³/mol. The van der Waals surface area contributed by atoms with Crippen LogP contribution in [0.15, 0.2) is 98.5 Å². The van der Waals surface area contributed by atoms with Gasteiger partial charge < -0.3 is 0 Å². The third kappa shape index (κ3) is 4.80. The number of aromatic nitrogens is 2. The number of sulfone groups is 1. The van der Waals surface area contributed by atoms with Crippen LogP contribution in [0.3, 0.4) is 0 Å². The molecule has 0 unspecified atom stereocenters. The standard InChI is InChI=1S/C24H19ClN2O3S2/c1-16-6-10-20(11-7-16)31-23-22(17-8-12-21(13-9-17)32(2,29)30)15-26-27(24(23)28)19-5-3-4-18(25)14-19/h3-15H,1-2H3. The van der Waals surface area contributed by atoms with Crippen LogP contribution in [0.2, 0.25) is 5.02 Å². The molecule has 0 radical (unpaired) electrons. The van der Waals surface area contributed by atoms with E-state index in [4.69, 9.17) is 11.6 Å². The van der Waals surface area contributed by atoms with Gasteiger partial charge >= 0.3 is 0 Å². The van der Waals surface area contributed by atoms with Crippen LogP contribution < -0.4 is 5.56 Å². The average molecular weight is 483 g/mol. The summed E-state index contributed by atoms with van der Waals surface area (Å²) in [7, 11) is -3.32. The second-order valence-corrected chi connectivity index (χ2v) is 10.8. The second kappa shape index (κ2) is 8.94. The Morgan fingerprint density at radius 2 is 1.66 bits per heavy atom. The van der Waals surface area contributed by atoms with E-state index in [2.05, 4.69) is 5.10 Å². The first-order valence-electron chi connectivity index (χ1n) is 9.66. The maximum atomic E-state index is 13.5. The van der Waals surface area contributed by atoms with Gasteiger partial charge in [-0.1, -0.05) is 59.3 Å². The van der Waals surface area contributed by atoms with Crippen LogP contribution in [0.1, 0.15) is 5.56 Å². The van der Waals surface area contributed by atoms with Crippen molar-refractivity contribution in [2.24, 2.45) is 0 Å². The third-order valence-electron chi connectivity index (χ3n) is 4.82. The first kappa shape index (κ1) is 22.3. The molecule has 8 heteroatoms. The van der Waals surface area contributed by atoms with Crippen LogP contribution in [0.5, 0.6) is 0 Å². The van der Waals surface area contributed by atoms with Gasteiger partial charge in [-0.2, -0.15) is 9.78 Å². The summed E-state index contributed by atoms with van der Waals surface area (Å²) in [4.78, 5) is 15.1. The van der Waals surface area contributed by atoms with E-state index in [1.807, 2.05) is 31.2 Å². The molecule has 3 aromatic carbocycles. The minimum atomic E-state index is -3.32. The average Bonchev–Trinajstić information content (AvgIpc) is 2.76. The van der Waals surface area contributed by atoms with Crippen molar-refractivity contribution in [2.75, 3.05) is 6.26 Å². The molecule has 4 rings (SSSR count). The zero-order chi connectivity index (χ0) is 22.9. The van der Waals surface area contributed by atoms with Crippen LogP contribution in [0.25, 0.3) is 16.8 Å². The van der Waals surface area contributed by atoms with Gasteiger partial charge in [-0.3, -0.25) is 4.79 Å². The van der Waals surface area contributed by atoms with E-state index in [1.54, 1.807) is 42.6 Å². The SMILES string of the molecule is Cc1ccc(Sc2c(-c3ccc(S(C)(=O)=O)cc3)cnn(-c3cccc(Cl)c3)c2=O)cc1. The smallest absolute Gasteiger partial charge is 0.266 e. The Bertz CT molecular complexity index is 1450. The summed E-state index contributed by atoms with van der Waals surface area (Å²) in [6.07, 6.45) is 2.78. The molecule has 0 spiro atoms. The summed E-state index contributed by atoms with van der Waals surface area (Å²) in [6, 6.07) is 21.3. The summed E-state index contributed by atoms with van der Waals surface area (Å²) < 4.78 is 25.0. The Labute approximate surface area is 195 Å². The highest BCUT2D eigenvalue weighted by molar-refractivity contribution is 7.99. The molecular formula is C24H19ClN2O3S2. The molecule has 1 heterocycles. The van der Waals surface area contributed by atoms with E-state index >= 15 is 0 Å². The maximum absolute atomic E-state index is 13.5. The molecule has 0 saturated heterocycles. The van der Waals surface area contributed by atoms with Crippen molar-refractivity contribution in [3.63, 3.8) is 0 Å². The van der Waals surface area contributed by atoms with E-state index < -0.39 is 9.84 Å². The van der Waals surface area contributed by atoms with Gasteiger partial charge in [0.25, 0.3) is 5.56 Å². The number of hydrogen-bond donors (Lipinski definition) is 0. The van der Waals surface area contributed by atoms with Crippen molar-refractivity contribution in [3.05, 3.63) is 99.9 Å². The fourth-order valence-electron chi connectivity index (χ4n) is 3.14. The largest absolute Gasteiger partial charge is 0.286 e. The van der Waals surface area contributed by atoms with Gasteiger partial charge in [-0.15, -0.1) is 0 Å². The zero-order valence-electron chi connectivity index (χ0n) is 17.3. The first-order chi connectivity index (χ1) is 15.2. The van der Waals surface area contributed by atoms with Crippen molar-refractivity contribution in [2.45, 2.75) is 21.6 Å². The molecule has 32 heavy (non-hydrogen) atoms. The molecule has 0 amide bonds. The topological polar surface area (TPSA) is 69.0 Å². The van der Waals surface area contributed by atoms with Gasteiger partial charge in [0.15, 0.2) is 9.84 Å². The Morgan fingerprint density at radius 1 is 0.969 bits per heavy atom. The Hall–Kier alpha value is -2.87. The first-order valence-corrected chi connectivity index (χ1v) is 12.7. The van der Waals surface area contributed by atoms with E-state index in [-0.39, 0.29) is 10.5 Å². The Morgan fingerprint density at radius 3 is 2.28 bits per heavy atom. The zero-order valence-corrected chi connectivity index (χ0v) is 19.7. The summed E-state index contributed by atoms with van der Waals surface area (Å²) in [5.41, 5.74) is 2.72. The highest BCUT2D eigenvalue weighted by Crippen LogP contribution is 2.34. The fourth-order valence-corrected chi connectivity index (χ4v) is 4.92. The number of nitrogens with zero attached hydrogens (tertiary/aromatic N) is 2. The number of halogens is 1. The quantitative estimate of drug-likeness (QED) is 0.380. The molecule has 0 fully saturated rings. The Balaban J connectivity index is 1.88. The van der Waals surface area contributed by atoms with E-state index in [0.29, 0.717) is 26.7 Å². The second-order valence-electron chi connectivity index (χ2n) is 7.30. The van der Waals surface area contributed by atoms with Gasteiger partial charge in [0.1, 0.15) is 0 Å². The molecule has 0 atom stereocenters. The van der Waals surface area contributed by atoms with Gasteiger partial charge in [0, 0.05) is 21.7 Å². The highest BCUT2D eigenvalue weighted by Gasteiger charge is 2.17. The van der Waals surface area contributed by atoms with Gasteiger partial charge in [-0.05, 0) is 55.0 Å². The molecule has 162 valence electrons. The Kier molecular flexibility index (Phi) is 6.24. The molecule has 4 aromatic rings. The predicted octanol–water partition coefficient (Wildman–Crippen LogP) is 5.42. The van der Waals surface area contributed by atoms with Crippen LogP contribution in [-0.4, -0.2) is 24.5 Å². The molecular weight excluding hydrogens is 464 g/mol. The van der Waals surface area contributed by atoms with Crippen molar-refractivity contribution in [3.8, 4) is 16.8 Å². The van der Waals surface area contributed by atoms with E-state index in [1.165, 1.54) is 28.6 Å². The number of aryl methyl sites for hydroxylation is 1. The lowest BCUT2D eigenvalue weighted by Gasteiger charge is -2.13. The summed E-state index contributed by atoms with van der Waals surface area (Å²) in [5.74, 6) is 0.